The Morgan fingerprint density at radius 3 is 2.91 bits per heavy atom. The lowest BCUT2D eigenvalue weighted by Crippen LogP contribution is -2.34. The molecule has 0 amide bonds. The summed E-state index contributed by atoms with van der Waals surface area (Å²) in [7, 11) is 4.13. The van der Waals surface area contributed by atoms with E-state index in [0.29, 0.717) is 12.6 Å². The van der Waals surface area contributed by atoms with Gasteiger partial charge in [-0.3, -0.25) is 4.90 Å². The highest BCUT2D eigenvalue weighted by Gasteiger charge is 2.22. The number of hydrogen-bond donors (Lipinski definition) is 0. The minimum absolute atomic E-state index is 0.568. The molecule has 1 fully saturated rings. The summed E-state index contributed by atoms with van der Waals surface area (Å²) in [6.07, 6.45) is 2.17. The molecular weight excluding hydrogens is 140 g/mol. The molecule has 1 saturated heterocycles. The molecule has 1 aliphatic heterocycles. The van der Waals surface area contributed by atoms with Crippen LogP contribution in [0, 0.1) is 0 Å². The standard InChI is InChI=1S/C8H16N2O/c1-9-4-3-8(7-9)10(2)5-6-11/h6,8H,3-5,7H2,1-2H3. The third kappa shape index (κ3) is 2.27. The zero-order valence-electron chi connectivity index (χ0n) is 7.29. The molecule has 0 aromatic heterocycles. The lowest BCUT2D eigenvalue weighted by Gasteiger charge is -2.21. The van der Waals surface area contributed by atoms with Crippen LogP contribution in [0.1, 0.15) is 6.42 Å². The van der Waals surface area contributed by atoms with E-state index in [-0.39, 0.29) is 0 Å². The summed E-state index contributed by atoms with van der Waals surface area (Å²) in [5, 5.41) is 0. The van der Waals surface area contributed by atoms with Crippen LogP contribution in [0.2, 0.25) is 0 Å². The van der Waals surface area contributed by atoms with Gasteiger partial charge >= 0.3 is 0 Å². The predicted molar refractivity (Wildman–Crippen MR) is 44.6 cm³/mol. The van der Waals surface area contributed by atoms with Crippen molar-refractivity contribution in [3.05, 3.63) is 0 Å². The van der Waals surface area contributed by atoms with Crippen LogP contribution in [-0.4, -0.2) is 55.9 Å². The molecule has 0 saturated carbocycles. The fourth-order valence-electron chi connectivity index (χ4n) is 1.54. The highest BCUT2D eigenvalue weighted by Crippen LogP contribution is 2.11. The van der Waals surface area contributed by atoms with Gasteiger partial charge in [-0.1, -0.05) is 0 Å². The zero-order valence-corrected chi connectivity index (χ0v) is 7.29. The number of likely N-dealkylation sites (tertiary alicyclic amines) is 1. The average Bonchev–Trinajstić information content (AvgIpc) is 2.36. The molecule has 0 aliphatic carbocycles. The molecule has 0 N–H and O–H groups in total. The van der Waals surface area contributed by atoms with Crippen LogP contribution in [0.5, 0.6) is 0 Å². The number of carbonyl (C=O) groups excluding carboxylic acids is 1. The number of nitrogens with zero attached hydrogens (tertiary/aromatic N) is 2. The van der Waals surface area contributed by atoms with Crippen molar-refractivity contribution in [3.63, 3.8) is 0 Å². The summed E-state index contributed by atoms with van der Waals surface area (Å²) in [4.78, 5) is 14.6. The van der Waals surface area contributed by atoms with Crippen molar-refractivity contribution in [1.82, 2.24) is 9.80 Å². The van der Waals surface area contributed by atoms with E-state index in [1.807, 2.05) is 7.05 Å². The van der Waals surface area contributed by atoms with E-state index in [0.717, 1.165) is 19.4 Å². The highest BCUT2D eigenvalue weighted by molar-refractivity contribution is 5.51. The highest BCUT2D eigenvalue weighted by atomic mass is 16.1. The van der Waals surface area contributed by atoms with Crippen molar-refractivity contribution >= 4 is 6.29 Å². The van der Waals surface area contributed by atoms with Gasteiger partial charge in [-0.25, -0.2) is 0 Å². The molecule has 1 unspecified atom stereocenters. The fourth-order valence-corrected chi connectivity index (χ4v) is 1.54. The van der Waals surface area contributed by atoms with E-state index in [4.69, 9.17) is 0 Å². The van der Waals surface area contributed by atoms with Crippen LogP contribution >= 0.6 is 0 Å². The van der Waals surface area contributed by atoms with E-state index >= 15 is 0 Å². The second-order valence-electron chi connectivity index (χ2n) is 3.31. The van der Waals surface area contributed by atoms with Gasteiger partial charge in [0.05, 0.1) is 6.54 Å². The van der Waals surface area contributed by atoms with Crippen LogP contribution in [0.15, 0.2) is 0 Å². The van der Waals surface area contributed by atoms with E-state index in [2.05, 4.69) is 16.8 Å². The molecule has 3 nitrogen and oxygen atoms in total. The lowest BCUT2D eigenvalue weighted by molar-refractivity contribution is -0.109. The van der Waals surface area contributed by atoms with E-state index in [9.17, 15) is 4.79 Å². The molecule has 0 aromatic rings. The molecule has 0 radical (unpaired) electrons. The molecule has 1 heterocycles. The van der Waals surface area contributed by atoms with Crippen molar-refractivity contribution < 1.29 is 4.79 Å². The predicted octanol–water partition coefficient (Wildman–Crippen LogP) is -0.179. The third-order valence-electron chi connectivity index (χ3n) is 2.35. The molecule has 0 bridgehead atoms. The first-order valence-corrected chi connectivity index (χ1v) is 4.06. The SMILES string of the molecule is CN1CCC(N(C)CC=O)C1. The molecule has 3 heteroatoms. The Morgan fingerprint density at radius 1 is 1.73 bits per heavy atom. The smallest absolute Gasteiger partial charge is 0.133 e. The van der Waals surface area contributed by atoms with Gasteiger partial charge in [-0.15, -0.1) is 0 Å². The van der Waals surface area contributed by atoms with Gasteiger partial charge in [0.1, 0.15) is 6.29 Å². The fraction of sp³-hybridized carbons (Fsp3) is 0.875. The Morgan fingerprint density at radius 2 is 2.45 bits per heavy atom. The van der Waals surface area contributed by atoms with E-state index in [1.54, 1.807) is 0 Å². The Hall–Kier alpha value is -0.410. The van der Waals surface area contributed by atoms with Gasteiger partial charge in [0.15, 0.2) is 0 Å². The van der Waals surface area contributed by atoms with Gasteiger partial charge < -0.3 is 9.69 Å². The van der Waals surface area contributed by atoms with Gasteiger partial charge in [-0.05, 0) is 27.1 Å². The molecule has 0 spiro atoms. The van der Waals surface area contributed by atoms with Gasteiger partial charge in [0.25, 0.3) is 0 Å². The monoisotopic (exact) mass is 156 g/mol. The summed E-state index contributed by atoms with van der Waals surface area (Å²) in [6, 6.07) is 0.588. The summed E-state index contributed by atoms with van der Waals surface area (Å²) < 4.78 is 0. The summed E-state index contributed by atoms with van der Waals surface area (Å²) in [5.41, 5.74) is 0. The number of likely N-dealkylation sites (N-methyl/N-ethyl adjacent to an activating group) is 2. The topological polar surface area (TPSA) is 23.6 Å². The van der Waals surface area contributed by atoms with Crippen LogP contribution in [-0.2, 0) is 4.79 Å². The van der Waals surface area contributed by atoms with E-state index in [1.165, 1.54) is 6.42 Å². The summed E-state index contributed by atoms with van der Waals surface area (Å²) in [6.45, 7) is 2.83. The quantitative estimate of drug-likeness (QED) is 0.530. The second kappa shape index (κ2) is 3.83. The van der Waals surface area contributed by atoms with Crippen molar-refractivity contribution in [2.24, 2.45) is 0 Å². The molecule has 1 rings (SSSR count). The maximum Gasteiger partial charge on any atom is 0.133 e. The Bertz CT molecular complexity index is 138. The van der Waals surface area contributed by atoms with Crippen molar-refractivity contribution in [1.29, 1.82) is 0 Å². The lowest BCUT2D eigenvalue weighted by atomic mass is 10.2. The van der Waals surface area contributed by atoms with Crippen molar-refractivity contribution in [2.75, 3.05) is 33.7 Å². The molecule has 1 aliphatic rings. The normalized spacial score (nSPS) is 26.3. The largest absolute Gasteiger partial charge is 0.305 e. The van der Waals surface area contributed by atoms with Gasteiger partial charge in [0.2, 0.25) is 0 Å². The van der Waals surface area contributed by atoms with Gasteiger partial charge in [-0.2, -0.15) is 0 Å². The van der Waals surface area contributed by atoms with E-state index < -0.39 is 0 Å². The molecule has 11 heavy (non-hydrogen) atoms. The Kier molecular flexibility index (Phi) is 3.02. The number of hydrogen-bond acceptors (Lipinski definition) is 3. The van der Waals surface area contributed by atoms with Crippen LogP contribution in [0.4, 0.5) is 0 Å². The zero-order chi connectivity index (χ0) is 8.27. The first kappa shape index (κ1) is 8.68. The summed E-state index contributed by atoms with van der Waals surface area (Å²) in [5.74, 6) is 0. The molecular formula is C8H16N2O. The number of carbonyl (C=O) groups is 1. The maximum absolute atomic E-state index is 10.2. The Balaban J connectivity index is 2.30. The van der Waals surface area contributed by atoms with Crippen molar-refractivity contribution in [3.8, 4) is 0 Å². The first-order valence-electron chi connectivity index (χ1n) is 4.06. The molecule has 64 valence electrons. The minimum atomic E-state index is 0.568. The minimum Gasteiger partial charge on any atom is -0.305 e. The van der Waals surface area contributed by atoms with Crippen LogP contribution < -0.4 is 0 Å². The van der Waals surface area contributed by atoms with Gasteiger partial charge in [0, 0.05) is 12.6 Å². The summed E-state index contributed by atoms with van der Waals surface area (Å²) >= 11 is 0. The van der Waals surface area contributed by atoms with Crippen LogP contribution in [0.25, 0.3) is 0 Å². The third-order valence-corrected chi connectivity index (χ3v) is 2.35. The van der Waals surface area contributed by atoms with Crippen LogP contribution in [0.3, 0.4) is 0 Å². The second-order valence-corrected chi connectivity index (χ2v) is 3.31. The maximum atomic E-state index is 10.2. The molecule has 0 aromatic carbocycles. The first-order chi connectivity index (χ1) is 5.24. The van der Waals surface area contributed by atoms with Crippen molar-refractivity contribution in [2.45, 2.75) is 12.5 Å². The average molecular weight is 156 g/mol. The Labute approximate surface area is 68.0 Å². The number of rotatable bonds is 3. The number of aldehydes is 1. The molecule has 1 atom stereocenters.